The summed E-state index contributed by atoms with van der Waals surface area (Å²) in [5, 5.41) is 14.9. The predicted molar refractivity (Wildman–Crippen MR) is 79.3 cm³/mol. The first-order valence-electron chi connectivity index (χ1n) is 5.88. The van der Waals surface area contributed by atoms with Crippen molar-refractivity contribution in [3.05, 3.63) is 21.3 Å². The quantitative estimate of drug-likeness (QED) is 0.750. The molecule has 0 aromatic carbocycles. The van der Waals surface area contributed by atoms with Crippen LogP contribution in [0.3, 0.4) is 0 Å². The van der Waals surface area contributed by atoms with Crippen LogP contribution in [0.4, 0.5) is 0 Å². The van der Waals surface area contributed by atoms with Gasteiger partial charge in [-0.1, -0.05) is 27.7 Å². The smallest absolute Gasteiger partial charge is 0.665 e. The predicted octanol–water partition coefficient (Wildman–Crippen LogP) is 4.04. The molecule has 0 N–H and O–H groups in total. The summed E-state index contributed by atoms with van der Waals surface area (Å²) in [7, 11) is 7.22. The second-order valence-corrected chi connectivity index (χ2v) is 2.53. The van der Waals surface area contributed by atoms with Crippen molar-refractivity contribution < 1.29 is 26.2 Å². The molecule has 0 spiro atoms. The van der Waals surface area contributed by atoms with Gasteiger partial charge in [0.25, 0.3) is 0 Å². The number of hydrogen-bond donors (Lipinski definition) is 0. The molecule has 0 aliphatic heterocycles. The van der Waals surface area contributed by atoms with Gasteiger partial charge >= 0.3 is 26.2 Å². The van der Waals surface area contributed by atoms with Crippen molar-refractivity contribution in [3.8, 4) is 0 Å². The van der Waals surface area contributed by atoms with Gasteiger partial charge in [0.05, 0.1) is 0 Å². The Labute approximate surface area is 129 Å². The summed E-state index contributed by atoms with van der Waals surface area (Å²) in [6.07, 6.45) is 0. The minimum absolute atomic E-state index is 0. The molecular formula is C12H32N4Zr. The summed E-state index contributed by atoms with van der Waals surface area (Å²) in [5.41, 5.74) is 0. The molecule has 0 heterocycles. The molecule has 0 unspecified atom stereocenters. The van der Waals surface area contributed by atoms with Crippen molar-refractivity contribution in [1.82, 2.24) is 0 Å². The zero-order valence-electron chi connectivity index (χ0n) is 13.1. The minimum Gasteiger partial charge on any atom is -0.665 e. The van der Waals surface area contributed by atoms with Crippen LogP contribution in [0, 0.1) is 0 Å². The third-order valence-electron chi connectivity index (χ3n) is 1.26. The van der Waals surface area contributed by atoms with Gasteiger partial charge in [0, 0.05) is 0 Å². The Balaban J connectivity index is -0.0000000369. The van der Waals surface area contributed by atoms with Crippen LogP contribution in [0.1, 0.15) is 27.7 Å². The fraction of sp³-hybridized carbons (Fsp3) is 1.00. The van der Waals surface area contributed by atoms with Crippen molar-refractivity contribution in [2.75, 3.05) is 54.4 Å². The molecule has 0 aromatic rings. The Morgan fingerprint density at radius 2 is 0.529 bits per heavy atom. The van der Waals surface area contributed by atoms with Gasteiger partial charge in [-0.2, -0.15) is 54.4 Å². The number of nitrogens with zero attached hydrogens (tertiary/aromatic N) is 4. The van der Waals surface area contributed by atoms with E-state index in [0.29, 0.717) is 0 Å². The molecule has 104 valence electrons. The summed E-state index contributed by atoms with van der Waals surface area (Å²) < 4.78 is 0. The summed E-state index contributed by atoms with van der Waals surface area (Å²) >= 11 is 0. The van der Waals surface area contributed by atoms with E-state index in [4.69, 9.17) is 0 Å². The van der Waals surface area contributed by atoms with Gasteiger partial charge in [-0.25, -0.2) is 0 Å². The third kappa shape index (κ3) is 163. The van der Waals surface area contributed by atoms with Crippen LogP contribution in [-0.4, -0.2) is 54.4 Å². The van der Waals surface area contributed by atoms with Crippen LogP contribution in [-0.2, 0) is 26.2 Å². The first-order valence-corrected chi connectivity index (χ1v) is 5.88. The van der Waals surface area contributed by atoms with E-state index in [2.05, 4.69) is 21.3 Å². The van der Waals surface area contributed by atoms with Crippen LogP contribution < -0.4 is 0 Å². The summed E-state index contributed by atoms with van der Waals surface area (Å²) in [6, 6.07) is 0. The Bertz CT molecular complexity index is 42.5. The zero-order chi connectivity index (χ0) is 13.7. The Hall–Kier alpha value is 0.723. The molecule has 0 saturated heterocycles. The molecule has 0 saturated carbocycles. The van der Waals surface area contributed by atoms with Gasteiger partial charge in [-0.15, -0.1) is 0 Å². The van der Waals surface area contributed by atoms with E-state index in [9.17, 15) is 0 Å². The van der Waals surface area contributed by atoms with E-state index >= 15 is 0 Å². The fourth-order valence-corrected chi connectivity index (χ4v) is 0. The molecule has 0 aromatic heterocycles. The monoisotopic (exact) mass is 322 g/mol. The van der Waals surface area contributed by atoms with Crippen molar-refractivity contribution in [3.63, 3.8) is 0 Å². The van der Waals surface area contributed by atoms with Crippen LogP contribution in [0.15, 0.2) is 0 Å². The van der Waals surface area contributed by atoms with Crippen LogP contribution in [0.25, 0.3) is 21.3 Å². The molecule has 17 heavy (non-hydrogen) atoms. The van der Waals surface area contributed by atoms with Gasteiger partial charge in [-0.05, 0) is 0 Å². The maximum absolute atomic E-state index is 3.74. The van der Waals surface area contributed by atoms with Crippen molar-refractivity contribution in [1.29, 1.82) is 0 Å². The van der Waals surface area contributed by atoms with Crippen molar-refractivity contribution in [2.45, 2.75) is 27.7 Å². The number of hydrogen-bond acceptors (Lipinski definition) is 0. The van der Waals surface area contributed by atoms with Gasteiger partial charge in [0.15, 0.2) is 0 Å². The van der Waals surface area contributed by atoms with Gasteiger partial charge in [-0.3, -0.25) is 0 Å². The number of rotatable bonds is 4. The van der Waals surface area contributed by atoms with Gasteiger partial charge < -0.3 is 21.3 Å². The van der Waals surface area contributed by atoms with Crippen LogP contribution in [0.5, 0.6) is 0 Å². The molecule has 0 fully saturated rings. The molecule has 0 aliphatic carbocycles. The SMILES string of the molecule is CC[N-]C.CC[N-]C.CC[N-]C.CC[N-]C.[Zr+4]. The summed E-state index contributed by atoms with van der Waals surface area (Å²) in [4.78, 5) is 0. The summed E-state index contributed by atoms with van der Waals surface area (Å²) in [6.45, 7) is 11.8. The Morgan fingerprint density at radius 3 is 0.529 bits per heavy atom. The second kappa shape index (κ2) is 54.3. The maximum atomic E-state index is 3.74. The molecule has 0 bridgehead atoms. The minimum atomic E-state index is 0. The average molecular weight is 324 g/mol. The normalized spacial score (nSPS) is 7.06. The first kappa shape index (κ1) is 30.6. The van der Waals surface area contributed by atoms with Gasteiger partial charge in [0.2, 0.25) is 0 Å². The maximum Gasteiger partial charge on any atom is 4.00 e. The van der Waals surface area contributed by atoms with E-state index in [1.54, 1.807) is 28.2 Å². The van der Waals surface area contributed by atoms with E-state index < -0.39 is 0 Å². The molecule has 0 atom stereocenters. The second-order valence-electron chi connectivity index (χ2n) is 2.53. The Kier molecular flexibility index (Phi) is 97.9. The topological polar surface area (TPSA) is 56.4 Å². The summed E-state index contributed by atoms with van der Waals surface area (Å²) in [5.74, 6) is 0. The van der Waals surface area contributed by atoms with Crippen molar-refractivity contribution >= 4 is 0 Å². The standard InChI is InChI=1S/4C3H8N.Zr/c4*1-3-4-2;/h4*3H2,1-2H3;/q4*-1;+4. The first-order chi connectivity index (χ1) is 7.66. The van der Waals surface area contributed by atoms with Crippen LogP contribution >= 0.6 is 0 Å². The van der Waals surface area contributed by atoms with Crippen LogP contribution in [0.2, 0.25) is 0 Å². The molecule has 0 amide bonds. The molecule has 0 radical (unpaired) electrons. The third-order valence-corrected chi connectivity index (χ3v) is 1.26. The van der Waals surface area contributed by atoms with Gasteiger partial charge in [0.1, 0.15) is 0 Å². The van der Waals surface area contributed by atoms with E-state index in [0.717, 1.165) is 26.2 Å². The Morgan fingerprint density at radius 1 is 0.471 bits per heavy atom. The van der Waals surface area contributed by atoms with E-state index in [1.165, 1.54) is 0 Å². The van der Waals surface area contributed by atoms with Crippen molar-refractivity contribution in [2.24, 2.45) is 0 Å². The molecular weight excluding hydrogens is 291 g/mol. The molecule has 0 aliphatic rings. The average Bonchev–Trinajstić information content (AvgIpc) is 2.39. The molecule has 4 nitrogen and oxygen atoms in total. The van der Waals surface area contributed by atoms with E-state index in [-0.39, 0.29) is 26.2 Å². The fourth-order valence-electron chi connectivity index (χ4n) is 0. The molecule has 5 heteroatoms. The van der Waals surface area contributed by atoms with E-state index in [1.807, 2.05) is 27.7 Å². The zero-order valence-corrected chi connectivity index (χ0v) is 15.6. The largest absolute Gasteiger partial charge is 4.00 e. The molecule has 0 rings (SSSR count).